The number of carboxylic acids is 1. The molecule has 106 valence electrons. The minimum Gasteiger partial charge on any atom is -0.480 e. The molecule has 2 rings (SSSR count). The molecule has 1 aliphatic heterocycles. The van der Waals surface area contributed by atoms with E-state index >= 15 is 0 Å². The van der Waals surface area contributed by atoms with Crippen molar-refractivity contribution in [3.05, 3.63) is 35.4 Å². The van der Waals surface area contributed by atoms with Gasteiger partial charge in [-0.15, -0.1) is 0 Å². The summed E-state index contributed by atoms with van der Waals surface area (Å²) < 4.78 is 0. The van der Waals surface area contributed by atoms with E-state index in [1.807, 2.05) is 13.8 Å². The van der Waals surface area contributed by atoms with Crippen LogP contribution in [0.2, 0.25) is 0 Å². The smallest absolute Gasteiger partial charge is 0.322 e. The third-order valence-electron chi connectivity index (χ3n) is 3.08. The molecule has 0 radical (unpaired) electrons. The van der Waals surface area contributed by atoms with Crippen LogP contribution in [0.4, 0.5) is 0 Å². The lowest BCUT2D eigenvalue weighted by Gasteiger charge is -2.22. The molecule has 0 fully saturated rings. The fraction of sp³-hybridized carbons (Fsp3) is 0.357. The van der Waals surface area contributed by atoms with Crippen molar-refractivity contribution in [3.8, 4) is 0 Å². The highest BCUT2D eigenvalue weighted by molar-refractivity contribution is 6.21. The van der Waals surface area contributed by atoms with Crippen molar-refractivity contribution in [2.45, 2.75) is 26.3 Å². The average Bonchev–Trinajstić information content (AvgIpc) is 2.63. The first-order valence-corrected chi connectivity index (χ1v) is 6.38. The fourth-order valence-electron chi connectivity index (χ4n) is 2.14. The quantitative estimate of drug-likeness (QED) is 0.791. The molecule has 1 aliphatic rings. The van der Waals surface area contributed by atoms with Crippen LogP contribution < -0.4 is 5.43 Å². The monoisotopic (exact) mass is 276 g/mol. The Labute approximate surface area is 116 Å². The molecule has 0 unspecified atom stereocenters. The highest BCUT2D eigenvalue weighted by Gasteiger charge is 2.37. The number of hydrogen-bond acceptors (Lipinski definition) is 4. The zero-order chi connectivity index (χ0) is 14.9. The number of benzene rings is 1. The van der Waals surface area contributed by atoms with E-state index in [9.17, 15) is 14.4 Å². The number of rotatable bonds is 5. The highest BCUT2D eigenvalue weighted by Crippen LogP contribution is 2.21. The van der Waals surface area contributed by atoms with Gasteiger partial charge in [-0.3, -0.25) is 14.4 Å². The van der Waals surface area contributed by atoms with Crippen molar-refractivity contribution < 1.29 is 19.5 Å². The third-order valence-corrected chi connectivity index (χ3v) is 3.08. The number of aliphatic carboxylic acids is 1. The van der Waals surface area contributed by atoms with Gasteiger partial charge in [0.15, 0.2) is 0 Å². The minimum atomic E-state index is -1.09. The molecule has 1 heterocycles. The number of carboxylic acid groups (broad SMARTS) is 1. The number of hydrazine groups is 1. The molecule has 20 heavy (non-hydrogen) atoms. The number of imide groups is 1. The Morgan fingerprint density at radius 3 is 2.10 bits per heavy atom. The van der Waals surface area contributed by atoms with Gasteiger partial charge in [-0.25, -0.2) is 10.4 Å². The van der Waals surface area contributed by atoms with Crippen molar-refractivity contribution in [3.63, 3.8) is 0 Å². The van der Waals surface area contributed by atoms with E-state index < -0.39 is 23.8 Å². The Kier molecular flexibility index (Phi) is 3.85. The van der Waals surface area contributed by atoms with Crippen LogP contribution in [0.25, 0.3) is 0 Å². The number of hydrogen-bond donors (Lipinski definition) is 2. The lowest BCUT2D eigenvalue weighted by atomic mass is 10.0. The molecule has 2 amide bonds. The maximum atomic E-state index is 12.1. The zero-order valence-electron chi connectivity index (χ0n) is 11.3. The summed E-state index contributed by atoms with van der Waals surface area (Å²) >= 11 is 0. The number of nitrogens with zero attached hydrogens (tertiary/aromatic N) is 1. The number of amides is 2. The van der Waals surface area contributed by atoms with E-state index in [2.05, 4.69) is 5.43 Å². The van der Waals surface area contributed by atoms with Crippen LogP contribution in [0, 0.1) is 5.92 Å². The molecule has 0 spiro atoms. The first-order chi connectivity index (χ1) is 9.41. The summed E-state index contributed by atoms with van der Waals surface area (Å²) in [4.78, 5) is 35.4. The molecule has 1 aromatic carbocycles. The van der Waals surface area contributed by atoms with E-state index in [1.165, 1.54) is 0 Å². The van der Waals surface area contributed by atoms with Crippen LogP contribution in [-0.2, 0) is 4.79 Å². The number of fused-ring (bicyclic) bond motifs is 1. The molecular formula is C14H16N2O4. The summed E-state index contributed by atoms with van der Waals surface area (Å²) in [5, 5.41) is 9.96. The predicted octanol–water partition coefficient (Wildman–Crippen LogP) is 1.29. The predicted molar refractivity (Wildman–Crippen MR) is 71.0 cm³/mol. The maximum Gasteiger partial charge on any atom is 0.322 e. The third kappa shape index (κ3) is 2.55. The van der Waals surface area contributed by atoms with Gasteiger partial charge < -0.3 is 5.11 Å². The second-order valence-electron chi connectivity index (χ2n) is 5.14. The molecule has 0 saturated heterocycles. The molecule has 0 aromatic heterocycles. The molecule has 0 bridgehead atoms. The van der Waals surface area contributed by atoms with Gasteiger partial charge in [0.2, 0.25) is 0 Å². The number of nitrogens with one attached hydrogen (secondary N) is 1. The fourth-order valence-corrected chi connectivity index (χ4v) is 2.14. The lowest BCUT2D eigenvalue weighted by molar-refractivity contribution is -0.140. The van der Waals surface area contributed by atoms with E-state index in [4.69, 9.17) is 5.11 Å². The van der Waals surface area contributed by atoms with Crippen molar-refractivity contribution in [1.82, 2.24) is 10.4 Å². The SMILES string of the molecule is CC(C)C[C@@H](NN1C(=O)c2ccccc2C1=O)C(=O)O. The number of carbonyl (C=O) groups excluding carboxylic acids is 2. The van der Waals surface area contributed by atoms with Crippen molar-refractivity contribution >= 4 is 17.8 Å². The summed E-state index contributed by atoms with van der Waals surface area (Å²) in [5.41, 5.74) is 3.11. The number of carbonyl (C=O) groups is 3. The van der Waals surface area contributed by atoms with Crippen LogP contribution in [0.1, 0.15) is 41.0 Å². The van der Waals surface area contributed by atoms with E-state index in [-0.39, 0.29) is 5.92 Å². The molecule has 0 aliphatic carbocycles. The van der Waals surface area contributed by atoms with Crippen LogP contribution in [-0.4, -0.2) is 33.9 Å². The molecule has 2 N–H and O–H groups in total. The van der Waals surface area contributed by atoms with Gasteiger partial charge in [0.1, 0.15) is 6.04 Å². The summed E-state index contributed by atoms with van der Waals surface area (Å²) in [5.74, 6) is -1.99. The molecule has 0 saturated carbocycles. The molecule has 1 aromatic rings. The Bertz CT molecular complexity index is 533. The van der Waals surface area contributed by atoms with Crippen molar-refractivity contribution in [1.29, 1.82) is 0 Å². The van der Waals surface area contributed by atoms with Crippen LogP contribution >= 0.6 is 0 Å². The van der Waals surface area contributed by atoms with Crippen LogP contribution in [0.3, 0.4) is 0 Å². The summed E-state index contributed by atoms with van der Waals surface area (Å²) in [6, 6.07) is 5.45. The highest BCUT2D eigenvalue weighted by atomic mass is 16.4. The summed E-state index contributed by atoms with van der Waals surface area (Å²) in [6.07, 6.45) is 0.322. The first kappa shape index (κ1) is 14.2. The molecular weight excluding hydrogens is 260 g/mol. The lowest BCUT2D eigenvalue weighted by Crippen LogP contribution is -2.51. The van der Waals surface area contributed by atoms with Crippen LogP contribution in [0.15, 0.2) is 24.3 Å². The Hall–Kier alpha value is -2.21. The molecule has 1 atom stereocenters. The molecule has 6 heteroatoms. The average molecular weight is 276 g/mol. The van der Waals surface area contributed by atoms with E-state index in [1.54, 1.807) is 24.3 Å². The van der Waals surface area contributed by atoms with Gasteiger partial charge in [-0.05, 0) is 24.5 Å². The standard InChI is InChI=1S/C14H16N2O4/c1-8(2)7-11(14(19)20)15-16-12(17)9-5-3-4-6-10(9)13(16)18/h3-6,8,11,15H,7H2,1-2H3,(H,19,20)/t11-/m1/s1. The van der Waals surface area contributed by atoms with Gasteiger partial charge in [0, 0.05) is 0 Å². The normalized spacial score (nSPS) is 15.7. The second kappa shape index (κ2) is 5.42. The van der Waals surface area contributed by atoms with Gasteiger partial charge in [-0.2, -0.15) is 0 Å². The van der Waals surface area contributed by atoms with E-state index in [0.29, 0.717) is 17.5 Å². The first-order valence-electron chi connectivity index (χ1n) is 6.38. The Balaban J connectivity index is 2.21. The Morgan fingerprint density at radius 1 is 1.20 bits per heavy atom. The maximum absolute atomic E-state index is 12.1. The van der Waals surface area contributed by atoms with Crippen molar-refractivity contribution in [2.75, 3.05) is 0 Å². The Morgan fingerprint density at radius 2 is 1.70 bits per heavy atom. The molecule has 6 nitrogen and oxygen atoms in total. The van der Waals surface area contributed by atoms with Gasteiger partial charge in [0.05, 0.1) is 11.1 Å². The summed E-state index contributed by atoms with van der Waals surface area (Å²) in [6.45, 7) is 3.75. The topological polar surface area (TPSA) is 86.7 Å². The zero-order valence-corrected chi connectivity index (χ0v) is 11.3. The largest absolute Gasteiger partial charge is 0.480 e. The summed E-state index contributed by atoms with van der Waals surface area (Å²) in [7, 11) is 0. The van der Waals surface area contributed by atoms with Gasteiger partial charge in [-0.1, -0.05) is 26.0 Å². The second-order valence-corrected chi connectivity index (χ2v) is 5.14. The van der Waals surface area contributed by atoms with Gasteiger partial charge >= 0.3 is 5.97 Å². The minimum absolute atomic E-state index is 0.124. The van der Waals surface area contributed by atoms with Gasteiger partial charge in [0.25, 0.3) is 11.8 Å². The van der Waals surface area contributed by atoms with Crippen molar-refractivity contribution in [2.24, 2.45) is 5.92 Å². The van der Waals surface area contributed by atoms with E-state index in [0.717, 1.165) is 5.01 Å². The van der Waals surface area contributed by atoms with Crippen LogP contribution in [0.5, 0.6) is 0 Å².